The fourth-order valence-corrected chi connectivity index (χ4v) is 4.12. The van der Waals surface area contributed by atoms with Crippen LogP contribution in [0.5, 0.6) is 0 Å². The minimum Gasteiger partial charge on any atom is -0.389 e. The zero-order valence-corrected chi connectivity index (χ0v) is 20.0. The van der Waals surface area contributed by atoms with Gasteiger partial charge in [0.05, 0.1) is 42.7 Å². The van der Waals surface area contributed by atoms with Crippen molar-refractivity contribution in [2.24, 2.45) is 5.92 Å². The number of rotatable bonds is 8. The first-order chi connectivity index (χ1) is 14.6. The summed E-state index contributed by atoms with van der Waals surface area (Å²) in [5.74, 6) is 0.141. The van der Waals surface area contributed by atoms with Gasteiger partial charge in [0.2, 0.25) is 5.91 Å². The van der Waals surface area contributed by atoms with E-state index in [2.05, 4.69) is 44.3 Å². The number of aliphatic hydroxyl groups is 1. The molecule has 2 heterocycles. The van der Waals surface area contributed by atoms with Crippen LogP contribution < -0.4 is 5.32 Å². The Morgan fingerprint density at radius 1 is 1.35 bits per heavy atom. The molecule has 7 unspecified atom stereocenters. The standard InChI is InChI=1S/C25H41NO5/c1-17(7-10-21-16-25(5,29-6)13-14-30-21)8-11-23-18(2)15-22(20(4)31-23)26-24(28)12-9-19(3)27/h7-10,12,18-23,27H,11,13-16H2,1-6H3,(H,26,28)/b10-7+,12-9-,17-8+. The summed E-state index contributed by atoms with van der Waals surface area (Å²) in [5, 5.41) is 12.3. The Balaban J connectivity index is 1.84. The van der Waals surface area contributed by atoms with E-state index in [1.54, 1.807) is 14.0 Å². The Kier molecular flexibility index (Phi) is 9.94. The highest BCUT2D eigenvalue weighted by Gasteiger charge is 2.34. The number of carbonyl (C=O) groups excluding carboxylic acids is 1. The fourth-order valence-electron chi connectivity index (χ4n) is 4.12. The molecule has 31 heavy (non-hydrogen) atoms. The maximum absolute atomic E-state index is 12.0. The third-order valence-electron chi connectivity index (χ3n) is 6.40. The first kappa shape index (κ1) is 25.8. The second-order valence-corrected chi connectivity index (χ2v) is 9.37. The Morgan fingerprint density at radius 2 is 2.10 bits per heavy atom. The van der Waals surface area contributed by atoms with Crippen LogP contribution in [-0.4, -0.2) is 60.8 Å². The van der Waals surface area contributed by atoms with E-state index in [-0.39, 0.29) is 35.9 Å². The molecule has 0 aromatic heterocycles. The Labute approximate surface area is 187 Å². The zero-order valence-electron chi connectivity index (χ0n) is 20.0. The maximum atomic E-state index is 12.0. The van der Waals surface area contributed by atoms with Gasteiger partial charge in [0.15, 0.2) is 0 Å². The molecule has 2 fully saturated rings. The highest BCUT2D eigenvalue weighted by Crippen LogP contribution is 2.29. The van der Waals surface area contributed by atoms with Gasteiger partial charge in [0.25, 0.3) is 0 Å². The van der Waals surface area contributed by atoms with E-state index in [4.69, 9.17) is 14.2 Å². The molecule has 0 saturated carbocycles. The summed E-state index contributed by atoms with van der Waals surface area (Å²) >= 11 is 0. The number of ether oxygens (including phenoxy) is 3. The zero-order chi connectivity index (χ0) is 23.0. The van der Waals surface area contributed by atoms with Crippen LogP contribution in [0, 0.1) is 5.92 Å². The molecular formula is C25H41NO5. The van der Waals surface area contributed by atoms with Crippen LogP contribution in [0.2, 0.25) is 0 Å². The number of amides is 1. The second-order valence-electron chi connectivity index (χ2n) is 9.37. The molecule has 6 heteroatoms. The molecule has 2 aliphatic rings. The number of hydrogen-bond donors (Lipinski definition) is 2. The van der Waals surface area contributed by atoms with Gasteiger partial charge in [-0.15, -0.1) is 0 Å². The van der Waals surface area contributed by atoms with E-state index in [0.717, 1.165) is 32.3 Å². The monoisotopic (exact) mass is 435 g/mol. The van der Waals surface area contributed by atoms with Crippen molar-refractivity contribution in [3.05, 3.63) is 36.0 Å². The van der Waals surface area contributed by atoms with Gasteiger partial charge in [-0.1, -0.05) is 36.8 Å². The van der Waals surface area contributed by atoms with Crippen molar-refractivity contribution < 1.29 is 24.1 Å². The summed E-state index contributed by atoms with van der Waals surface area (Å²) in [4.78, 5) is 12.0. The number of aliphatic hydroxyl groups excluding tert-OH is 1. The van der Waals surface area contributed by atoms with Crippen molar-refractivity contribution in [3.63, 3.8) is 0 Å². The lowest BCUT2D eigenvalue weighted by molar-refractivity contribution is -0.123. The molecule has 0 aliphatic carbocycles. The Hall–Kier alpha value is -1.47. The highest BCUT2D eigenvalue weighted by atomic mass is 16.5. The Bertz CT molecular complexity index is 671. The van der Waals surface area contributed by atoms with Crippen molar-refractivity contribution in [1.29, 1.82) is 0 Å². The predicted molar refractivity (Wildman–Crippen MR) is 123 cm³/mol. The van der Waals surface area contributed by atoms with Crippen LogP contribution in [-0.2, 0) is 19.0 Å². The van der Waals surface area contributed by atoms with Crippen molar-refractivity contribution >= 4 is 5.91 Å². The SMILES string of the molecule is COC1(C)CCOC(/C=C/C(C)=C/CC2OC(C)C(NC(=O)/C=C\C(C)O)CC2C)C1. The van der Waals surface area contributed by atoms with Gasteiger partial charge in [-0.2, -0.15) is 0 Å². The minimum atomic E-state index is -0.632. The first-order valence-electron chi connectivity index (χ1n) is 11.5. The molecule has 0 aromatic carbocycles. The van der Waals surface area contributed by atoms with Crippen LogP contribution in [0.15, 0.2) is 36.0 Å². The molecule has 2 aliphatic heterocycles. The third-order valence-corrected chi connectivity index (χ3v) is 6.40. The van der Waals surface area contributed by atoms with Crippen LogP contribution in [0.1, 0.15) is 60.3 Å². The molecule has 176 valence electrons. The number of methoxy groups -OCH3 is 1. The smallest absolute Gasteiger partial charge is 0.244 e. The summed E-state index contributed by atoms with van der Waals surface area (Å²) in [6, 6.07) is -0.0269. The summed E-state index contributed by atoms with van der Waals surface area (Å²) < 4.78 is 17.7. The molecule has 0 spiro atoms. The number of hydrogen-bond acceptors (Lipinski definition) is 5. The lowest BCUT2D eigenvalue weighted by Gasteiger charge is -2.39. The van der Waals surface area contributed by atoms with E-state index >= 15 is 0 Å². The van der Waals surface area contributed by atoms with Gasteiger partial charge >= 0.3 is 0 Å². The number of allylic oxidation sites excluding steroid dienone is 2. The molecule has 2 rings (SSSR count). The van der Waals surface area contributed by atoms with Gasteiger partial charge in [-0.25, -0.2) is 0 Å². The van der Waals surface area contributed by atoms with Crippen LogP contribution in [0.4, 0.5) is 0 Å². The fraction of sp³-hybridized carbons (Fsp3) is 0.720. The minimum absolute atomic E-state index is 0.0269. The van der Waals surface area contributed by atoms with Gasteiger partial charge in [0.1, 0.15) is 0 Å². The van der Waals surface area contributed by atoms with Gasteiger partial charge in [0, 0.05) is 19.6 Å². The normalized spacial score (nSPS) is 36.1. The van der Waals surface area contributed by atoms with E-state index in [0.29, 0.717) is 5.92 Å². The Morgan fingerprint density at radius 3 is 2.77 bits per heavy atom. The average molecular weight is 436 g/mol. The van der Waals surface area contributed by atoms with E-state index in [1.807, 2.05) is 6.92 Å². The second kappa shape index (κ2) is 12.0. The molecule has 0 aromatic rings. The molecule has 0 bridgehead atoms. The summed E-state index contributed by atoms with van der Waals surface area (Å²) in [7, 11) is 1.77. The summed E-state index contributed by atoms with van der Waals surface area (Å²) in [6.07, 6.45) is 12.4. The maximum Gasteiger partial charge on any atom is 0.244 e. The van der Waals surface area contributed by atoms with Crippen molar-refractivity contribution in [3.8, 4) is 0 Å². The topological polar surface area (TPSA) is 77.0 Å². The highest BCUT2D eigenvalue weighted by molar-refractivity contribution is 5.87. The molecule has 0 radical (unpaired) electrons. The molecular weight excluding hydrogens is 394 g/mol. The molecule has 6 nitrogen and oxygen atoms in total. The average Bonchev–Trinajstić information content (AvgIpc) is 2.72. The van der Waals surface area contributed by atoms with Crippen molar-refractivity contribution in [1.82, 2.24) is 5.32 Å². The number of carbonyl (C=O) groups is 1. The lowest BCUT2D eigenvalue weighted by atomic mass is 9.88. The van der Waals surface area contributed by atoms with Crippen LogP contribution >= 0.6 is 0 Å². The van der Waals surface area contributed by atoms with Crippen LogP contribution in [0.3, 0.4) is 0 Å². The largest absolute Gasteiger partial charge is 0.389 e. The lowest BCUT2D eigenvalue weighted by Crippen LogP contribution is -2.50. The van der Waals surface area contributed by atoms with Gasteiger partial charge in [-0.3, -0.25) is 4.79 Å². The molecule has 1 amide bonds. The first-order valence-corrected chi connectivity index (χ1v) is 11.5. The van der Waals surface area contributed by atoms with Gasteiger partial charge < -0.3 is 24.6 Å². The summed E-state index contributed by atoms with van der Waals surface area (Å²) in [6.45, 7) is 10.8. The molecule has 7 atom stereocenters. The quantitative estimate of drug-likeness (QED) is 0.449. The number of nitrogens with one attached hydrogen (secondary N) is 1. The van der Waals surface area contributed by atoms with E-state index < -0.39 is 6.10 Å². The van der Waals surface area contributed by atoms with Crippen molar-refractivity contribution in [2.75, 3.05) is 13.7 Å². The molecule has 2 saturated heterocycles. The summed E-state index contributed by atoms with van der Waals surface area (Å²) in [5.41, 5.74) is 1.08. The predicted octanol–water partition coefficient (Wildman–Crippen LogP) is 3.70. The van der Waals surface area contributed by atoms with E-state index in [1.165, 1.54) is 17.7 Å². The molecule has 2 N–H and O–H groups in total. The van der Waals surface area contributed by atoms with Crippen molar-refractivity contribution in [2.45, 2.75) is 96.4 Å². The van der Waals surface area contributed by atoms with Crippen LogP contribution in [0.25, 0.3) is 0 Å². The van der Waals surface area contributed by atoms with E-state index in [9.17, 15) is 9.90 Å². The van der Waals surface area contributed by atoms with Gasteiger partial charge in [-0.05, 0) is 52.9 Å². The third kappa shape index (κ3) is 8.53.